The zero-order valence-electron chi connectivity index (χ0n) is 68.7. The van der Waals surface area contributed by atoms with Crippen molar-refractivity contribution in [3.63, 3.8) is 0 Å². The molecule has 0 aromatic heterocycles. The van der Waals surface area contributed by atoms with Gasteiger partial charge in [-0.25, -0.2) is 4.79 Å². The highest BCUT2D eigenvalue weighted by Crippen LogP contribution is 2.45. The molecule has 582 valence electrons. The standard InChI is InChI=1S/C89H156N2O8S2/c1-19-25-27-29-31-33-35-37-39-41-43-45-47-49-53-69(7)100-61-51-55-73(98-79(92)59-57-71-63-75(85(9,10)21-3)81(94)76(64-71)86(11,12)22-4)67-90-83(96)89(17,18)91(84(90)97)68-74(56-52-62-101-70(8)54-50-48-46-44-42-40-38-36-34-32-30-28-26-20-2)99-80(93)60-58-72-65-77(87(13,14)23-5)82(95)78(66-72)88(15,16)24-6/h63-66,69-70,73-74,94-95H,19-62,67-68H2,1-18H3. The van der Waals surface area contributed by atoms with Crippen molar-refractivity contribution in [2.24, 2.45) is 0 Å². The van der Waals surface area contributed by atoms with Crippen molar-refractivity contribution in [2.45, 2.75) is 444 Å². The van der Waals surface area contributed by atoms with Gasteiger partial charge in [0.2, 0.25) is 0 Å². The summed E-state index contributed by atoms with van der Waals surface area (Å²) >= 11 is 3.92. The van der Waals surface area contributed by atoms with Gasteiger partial charge in [-0.2, -0.15) is 23.5 Å². The largest absolute Gasteiger partial charge is 0.507 e. The maximum Gasteiger partial charge on any atom is 0.327 e. The first-order chi connectivity index (χ1) is 48.0. The summed E-state index contributed by atoms with van der Waals surface area (Å²) < 4.78 is 12.9. The Balaban J connectivity index is 1.81. The van der Waals surface area contributed by atoms with Gasteiger partial charge in [-0.1, -0.05) is 315 Å². The first-order valence-corrected chi connectivity index (χ1v) is 44.1. The number of ether oxygens (including phenoxy) is 2. The van der Waals surface area contributed by atoms with Gasteiger partial charge in [-0.3, -0.25) is 19.3 Å². The second kappa shape index (κ2) is 48.7. The van der Waals surface area contributed by atoms with Crippen LogP contribution in [0.4, 0.5) is 4.79 Å². The molecule has 4 atom stereocenters. The number of rotatable bonds is 60. The summed E-state index contributed by atoms with van der Waals surface area (Å²) in [5.74, 6) is 1.33. The molecule has 10 nitrogen and oxygen atoms in total. The van der Waals surface area contributed by atoms with Crippen LogP contribution in [0.1, 0.15) is 415 Å². The number of phenols is 2. The van der Waals surface area contributed by atoms with E-state index in [1.165, 1.54) is 191 Å². The monoisotopic (exact) mass is 1450 g/mol. The van der Waals surface area contributed by atoms with Gasteiger partial charge in [-0.05, 0) is 135 Å². The molecule has 2 N–H and O–H groups in total. The summed E-state index contributed by atoms with van der Waals surface area (Å²) in [5, 5.41) is 24.5. The zero-order chi connectivity index (χ0) is 75.1. The number of thioether (sulfide) groups is 2. The Morgan fingerprint density at radius 2 is 0.703 bits per heavy atom. The summed E-state index contributed by atoms with van der Waals surface area (Å²) in [6, 6.07) is 7.79. The Kier molecular flexibility index (Phi) is 44.3. The number of esters is 2. The summed E-state index contributed by atoms with van der Waals surface area (Å²) in [5.41, 5.74) is 3.11. The van der Waals surface area contributed by atoms with E-state index in [0.717, 1.165) is 89.8 Å². The number of amides is 3. The number of aryl methyl sites for hydroxylation is 2. The zero-order valence-corrected chi connectivity index (χ0v) is 70.3. The van der Waals surface area contributed by atoms with Crippen molar-refractivity contribution < 1.29 is 38.9 Å². The molecule has 101 heavy (non-hydrogen) atoms. The normalized spacial score (nSPS) is 15.0. The number of urea groups is 1. The first-order valence-electron chi connectivity index (χ1n) is 42.0. The minimum atomic E-state index is -1.25. The second-order valence-corrected chi connectivity index (χ2v) is 37.1. The van der Waals surface area contributed by atoms with Crippen molar-refractivity contribution in [1.82, 2.24) is 9.80 Å². The summed E-state index contributed by atoms with van der Waals surface area (Å²) in [7, 11) is 0. The van der Waals surface area contributed by atoms with Gasteiger partial charge in [0.1, 0.15) is 29.2 Å². The lowest BCUT2D eigenvalue weighted by molar-refractivity contribution is -0.152. The highest BCUT2D eigenvalue weighted by Gasteiger charge is 2.52. The van der Waals surface area contributed by atoms with Crippen LogP contribution >= 0.6 is 23.5 Å². The molecule has 0 aliphatic carbocycles. The molecular weight excluding hydrogens is 1290 g/mol. The molecule has 2 aromatic carbocycles. The highest BCUT2D eigenvalue weighted by atomic mass is 32.2. The van der Waals surface area contributed by atoms with E-state index in [-0.39, 0.29) is 65.4 Å². The molecule has 0 saturated carbocycles. The maximum atomic E-state index is 15.1. The number of imide groups is 1. The highest BCUT2D eigenvalue weighted by molar-refractivity contribution is 8.00. The van der Waals surface area contributed by atoms with Crippen molar-refractivity contribution in [3.8, 4) is 11.5 Å². The number of carbonyl (C=O) groups excluding carboxylic acids is 4. The van der Waals surface area contributed by atoms with Crippen LogP contribution in [0.25, 0.3) is 0 Å². The fraction of sp³-hybridized carbons (Fsp3) is 0.820. The molecule has 12 heteroatoms. The van der Waals surface area contributed by atoms with Crippen molar-refractivity contribution in [1.29, 1.82) is 0 Å². The Hall–Kier alpha value is -3.38. The lowest BCUT2D eigenvalue weighted by Crippen LogP contribution is -2.48. The van der Waals surface area contributed by atoms with Crippen LogP contribution in [0, 0.1) is 0 Å². The predicted octanol–water partition coefficient (Wildman–Crippen LogP) is 25.8. The van der Waals surface area contributed by atoms with Gasteiger partial charge in [0, 0.05) is 45.6 Å². The number of nitrogens with zero attached hydrogens (tertiary/aromatic N) is 2. The molecule has 1 saturated heterocycles. The Labute approximate surface area is 630 Å². The Morgan fingerprint density at radius 1 is 0.426 bits per heavy atom. The Bertz CT molecular complexity index is 2570. The third kappa shape index (κ3) is 33.5. The molecule has 0 bridgehead atoms. The summed E-state index contributed by atoms with van der Waals surface area (Å²) in [6.07, 6.45) is 45.7. The van der Waals surface area contributed by atoms with E-state index >= 15 is 4.79 Å². The molecule has 1 fully saturated rings. The topological polar surface area (TPSA) is 134 Å². The van der Waals surface area contributed by atoms with Crippen LogP contribution in [0.5, 0.6) is 11.5 Å². The van der Waals surface area contributed by atoms with Gasteiger partial charge in [0.25, 0.3) is 5.91 Å². The number of aromatic hydroxyl groups is 2. The van der Waals surface area contributed by atoms with E-state index in [9.17, 15) is 24.6 Å². The Morgan fingerprint density at radius 3 is 0.990 bits per heavy atom. The van der Waals surface area contributed by atoms with Crippen molar-refractivity contribution in [3.05, 3.63) is 57.6 Å². The van der Waals surface area contributed by atoms with Gasteiger partial charge < -0.3 is 24.6 Å². The fourth-order valence-corrected chi connectivity index (χ4v) is 16.4. The molecule has 2 aromatic rings. The molecule has 1 aliphatic rings. The lowest BCUT2D eigenvalue weighted by atomic mass is 9.74. The number of hydrogen-bond acceptors (Lipinski definition) is 10. The van der Waals surface area contributed by atoms with Crippen LogP contribution in [-0.4, -0.2) is 96.7 Å². The molecule has 1 aliphatic heterocycles. The van der Waals surface area contributed by atoms with Crippen LogP contribution in [0.2, 0.25) is 0 Å². The van der Waals surface area contributed by atoms with Crippen LogP contribution < -0.4 is 0 Å². The summed E-state index contributed by atoms with van der Waals surface area (Å²) in [4.78, 5) is 61.5. The number of hydrogen-bond donors (Lipinski definition) is 2. The van der Waals surface area contributed by atoms with Crippen LogP contribution in [0.3, 0.4) is 0 Å². The maximum absolute atomic E-state index is 15.1. The second-order valence-electron chi connectivity index (χ2n) is 34.0. The molecular formula is C89H156N2O8S2. The third-order valence-electron chi connectivity index (χ3n) is 23.4. The molecule has 3 rings (SSSR count). The van der Waals surface area contributed by atoms with E-state index in [2.05, 4.69) is 135 Å². The SMILES string of the molecule is CCCCCCCCCCCCCCCCC(C)SCCCC(CN1C(=O)N(CC(CCCSC(C)CCCCCCCCCCCCCCCC)OC(=O)CCc2cc(C(C)(C)CC)c(O)c(C(C)(C)CC)c2)C(C)(C)C1=O)OC(=O)CCc1cc(C(C)(C)CC)c(O)c(C(C)(C)CC)c1. The van der Waals surface area contributed by atoms with Gasteiger partial charge in [0.05, 0.1) is 13.1 Å². The average molecular weight is 1450 g/mol. The van der Waals surface area contributed by atoms with Crippen molar-refractivity contribution in [2.75, 3.05) is 24.6 Å². The molecule has 3 amide bonds. The van der Waals surface area contributed by atoms with E-state index in [1.54, 1.807) is 18.7 Å². The van der Waals surface area contributed by atoms with Crippen molar-refractivity contribution >= 4 is 47.4 Å². The molecule has 0 radical (unpaired) electrons. The van der Waals surface area contributed by atoms with Gasteiger partial charge >= 0.3 is 18.0 Å². The quantitative estimate of drug-likeness (QED) is 0.0375. The van der Waals surface area contributed by atoms with E-state index in [4.69, 9.17) is 9.47 Å². The van der Waals surface area contributed by atoms with E-state index in [0.29, 0.717) is 47.7 Å². The van der Waals surface area contributed by atoms with Gasteiger partial charge in [0.15, 0.2) is 0 Å². The molecule has 4 unspecified atom stereocenters. The lowest BCUT2D eigenvalue weighted by Gasteiger charge is -2.32. The average Bonchev–Trinajstić information content (AvgIpc) is 1.73. The number of benzene rings is 2. The fourth-order valence-electron chi connectivity index (χ4n) is 14.3. The predicted molar refractivity (Wildman–Crippen MR) is 436 cm³/mol. The molecule has 0 spiro atoms. The smallest absolute Gasteiger partial charge is 0.327 e. The van der Waals surface area contributed by atoms with E-state index in [1.807, 2.05) is 23.5 Å². The molecule has 1 heterocycles. The minimum absolute atomic E-state index is 0.0561. The van der Waals surface area contributed by atoms with Crippen LogP contribution in [0.15, 0.2) is 24.3 Å². The van der Waals surface area contributed by atoms with E-state index < -0.39 is 23.8 Å². The van der Waals surface area contributed by atoms with Gasteiger partial charge in [-0.15, -0.1) is 0 Å². The summed E-state index contributed by atoms with van der Waals surface area (Å²) in [6.45, 7) is 38.5. The number of carbonyl (C=O) groups is 4. The third-order valence-corrected chi connectivity index (χ3v) is 26.0. The number of phenolic OH excluding ortho intramolecular Hbond substituents is 2. The minimum Gasteiger partial charge on any atom is -0.507 e. The van der Waals surface area contributed by atoms with Crippen LogP contribution in [-0.2, 0) is 58.4 Å². The first kappa shape index (κ1) is 91.8. The number of unbranched alkanes of at least 4 members (excludes halogenated alkanes) is 26.